The van der Waals surface area contributed by atoms with Crippen molar-refractivity contribution in [2.24, 2.45) is 0 Å². The zero-order valence-electron chi connectivity index (χ0n) is 16.9. The number of nitrogens with one attached hydrogen (secondary N) is 2. The van der Waals surface area contributed by atoms with Gasteiger partial charge in [0.15, 0.2) is 0 Å². The highest BCUT2D eigenvalue weighted by Gasteiger charge is 2.32. The maximum atomic E-state index is 13.0. The molecule has 2 N–H and O–H groups in total. The Labute approximate surface area is 194 Å². The molecule has 0 unspecified atom stereocenters. The number of carbonyl (C=O) groups is 2. The van der Waals surface area contributed by atoms with Gasteiger partial charge in [-0.1, -0.05) is 49.4 Å². The number of nitrogens with zero attached hydrogens (tertiary/aromatic N) is 5. The number of likely N-dealkylation sites (N-methyl/N-ethyl adjacent to an activating group) is 1. The zero-order valence-corrected chi connectivity index (χ0v) is 17.7. The van der Waals surface area contributed by atoms with E-state index < -0.39 is 11.9 Å². The van der Waals surface area contributed by atoms with Crippen LogP contribution in [0.3, 0.4) is 0 Å². The SMILES string of the molecule is C.CN1C(=O)[C@@H](NC(=O)c2ncn(Cc3ccccc3)n2)COc2cc3n[nH]c(Cl)c3cc21. The lowest BCUT2D eigenvalue weighted by Crippen LogP contribution is -2.49. The molecule has 4 aromatic rings. The zero-order chi connectivity index (χ0) is 22.2. The number of benzene rings is 2. The van der Waals surface area contributed by atoms with E-state index in [-0.39, 0.29) is 25.8 Å². The Kier molecular flexibility index (Phi) is 6.01. The molecule has 0 spiro atoms. The van der Waals surface area contributed by atoms with E-state index in [0.29, 0.717) is 34.0 Å². The molecule has 2 aromatic heterocycles. The fraction of sp³-hybridized carbons (Fsp3) is 0.227. The van der Waals surface area contributed by atoms with Crippen LogP contribution in [0.25, 0.3) is 10.9 Å². The largest absolute Gasteiger partial charge is 0.489 e. The summed E-state index contributed by atoms with van der Waals surface area (Å²) in [6.45, 7) is 0.436. The van der Waals surface area contributed by atoms with Crippen LogP contribution in [0.5, 0.6) is 5.75 Å². The molecule has 0 aliphatic carbocycles. The van der Waals surface area contributed by atoms with Crippen molar-refractivity contribution in [3.8, 4) is 5.75 Å². The number of halogens is 1. The molecule has 5 rings (SSSR count). The number of amides is 2. The smallest absolute Gasteiger partial charge is 0.291 e. The lowest BCUT2D eigenvalue weighted by molar-refractivity contribution is -0.120. The maximum absolute atomic E-state index is 13.0. The quantitative estimate of drug-likeness (QED) is 0.476. The third-order valence-electron chi connectivity index (χ3n) is 5.22. The summed E-state index contributed by atoms with van der Waals surface area (Å²) < 4.78 is 7.39. The number of rotatable bonds is 4. The van der Waals surface area contributed by atoms with E-state index in [4.69, 9.17) is 16.3 Å². The minimum absolute atomic E-state index is 0. The second-order valence-corrected chi connectivity index (χ2v) is 7.74. The summed E-state index contributed by atoms with van der Waals surface area (Å²) in [6, 6.07) is 12.2. The van der Waals surface area contributed by atoms with Gasteiger partial charge in [-0.25, -0.2) is 9.67 Å². The van der Waals surface area contributed by atoms with E-state index in [1.54, 1.807) is 23.9 Å². The predicted octanol–water partition coefficient (Wildman–Crippen LogP) is 2.65. The number of H-pyrrole nitrogens is 1. The van der Waals surface area contributed by atoms with Crippen LogP contribution in [0.15, 0.2) is 48.8 Å². The molecule has 0 saturated heterocycles. The summed E-state index contributed by atoms with van der Waals surface area (Å²) in [6.07, 6.45) is 1.48. The molecule has 33 heavy (non-hydrogen) atoms. The Hall–Kier alpha value is -3.92. The van der Waals surface area contributed by atoms with E-state index in [9.17, 15) is 9.59 Å². The topological polar surface area (TPSA) is 118 Å². The molecule has 0 bridgehead atoms. The van der Waals surface area contributed by atoms with Crippen molar-refractivity contribution in [2.75, 3.05) is 18.6 Å². The van der Waals surface area contributed by atoms with E-state index in [0.717, 1.165) is 5.56 Å². The normalized spacial score (nSPS) is 15.4. The number of fused-ring (bicyclic) bond motifs is 2. The summed E-state index contributed by atoms with van der Waals surface area (Å²) >= 11 is 6.12. The molecular weight excluding hydrogens is 446 g/mol. The maximum Gasteiger partial charge on any atom is 0.291 e. The van der Waals surface area contributed by atoms with Gasteiger partial charge in [-0.3, -0.25) is 14.7 Å². The van der Waals surface area contributed by atoms with Crippen molar-refractivity contribution < 1.29 is 14.3 Å². The first-order chi connectivity index (χ1) is 15.5. The van der Waals surface area contributed by atoms with Crippen LogP contribution in [-0.4, -0.2) is 56.5 Å². The van der Waals surface area contributed by atoms with Gasteiger partial charge in [-0.15, -0.1) is 5.10 Å². The average Bonchev–Trinajstić information content (AvgIpc) is 3.39. The molecule has 2 amide bonds. The van der Waals surface area contributed by atoms with Gasteiger partial charge in [-0.05, 0) is 11.6 Å². The fourth-order valence-corrected chi connectivity index (χ4v) is 3.74. The lowest BCUT2D eigenvalue weighted by Gasteiger charge is -2.20. The highest BCUT2D eigenvalue weighted by atomic mass is 35.5. The van der Waals surface area contributed by atoms with Crippen molar-refractivity contribution in [1.29, 1.82) is 0 Å². The van der Waals surface area contributed by atoms with Crippen molar-refractivity contribution in [3.63, 3.8) is 0 Å². The Balaban J connectivity index is 0.00000259. The summed E-state index contributed by atoms with van der Waals surface area (Å²) in [5.41, 5.74) is 2.18. The minimum Gasteiger partial charge on any atom is -0.489 e. The second-order valence-electron chi connectivity index (χ2n) is 7.36. The molecule has 170 valence electrons. The molecular formula is C22H22ClN7O3. The third-order valence-corrected chi connectivity index (χ3v) is 5.50. The van der Waals surface area contributed by atoms with Crippen LogP contribution >= 0.6 is 11.6 Å². The minimum atomic E-state index is -0.912. The second kappa shape index (κ2) is 8.91. The molecule has 11 heteroatoms. The van der Waals surface area contributed by atoms with E-state index in [1.165, 1.54) is 11.2 Å². The molecule has 10 nitrogen and oxygen atoms in total. The molecule has 3 heterocycles. The number of ether oxygens (including phenoxy) is 1. The Morgan fingerprint density at radius 1 is 1.30 bits per heavy atom. The summed E-state index contributed by atoms with van der Waals surface area (Å²) in [7, 11) is 1.61. The van der Waals surface area contributed by atoms with E-state index in [2.05, 4.69) is 25.6 Å². The van der Waals surface area contributed by atoms with Crippen molar-refractivity contribution in [2.45, 2.75) is 20.0 Å². The Morgan fingerprint density at radius 2 is 2.09 bits per heavy atom. The molecule has 2 aromatic carbocycles. The lowest BCUT2D eigenvalue weighted by atomic mass is 10.2. The van der Waals surface area contributed by atoms with Crippen LogP contribution in [0.2, 0.25) is 5.15 Å². The van der Waals surface area contributed by atoms with Gasteiger partial charge in [-0.2, -0.15) is 5.10 Å². The number of hydrogen-bond donors (Lipinski definition) is 2. The van der Waals surface area contributed by atoms with Gasteiger partial charge in [0.05, 0.1) is 17.7 Å². The monoisotopic (exact) mass is 467 g/mol. The number of carbonyl (C=O) groups excluding carboxylic acids is 2. The standard InChI is InChI=1S/C21H18ClN7O3.CH4/c1-28-16-7-13-14(25-26-18(13)22)8-17(16)32-10-15(21(28)31)24-20(30)19-23-11-29(27-19)9-12-5-3-2-4-6-12;/h2-8,11,15H,9-10H2,1H3,(H,24,30)(H,25,26);1H4/t15-;/m0./s1. The summed E-state index contributed by atoms with van der Waals surface area (Å²) in [4.78, 5) is 31.2. The number of aromatic amines is 1. The predicted molar refractivity (Wildman–Crippen MR) is 124 cm³/mol. The Morgan fingerprint density at radius 3 is 2.88 bits per heavy atom. The molecule has 0 radical (unpaired) electrons. The number of aromatic nitrogens is 5. The van der Waals surface area contributed by atoms with Crippen LogP contribution in [0.4, 0.5) is 5.69 Å². The van der Waals surface area contributed by atoms with Gasteiger partial charge in [0, 0.05) is 18.5 Å². The van der Waals surface area contributed by atoms with Crippen molar-refractivity contribution in [3.05, 3.63) is 65.3 Å². The molecule has 1 aliphatic heterocycles. The van der Waals surface area contributed by atoms with Gasteiger partial charge in [0.1, 0.15) is 29.9 Å². The molecule has 1 atom stereocenters. The van der Waals surface area contributed by atoms with Crippen LogP contribution in [0, 0.1) is 0 Å². The van der Waals surface area contributed by atoms with E-state index >= 15 is 0 Å². The number of anilines is 1. The molecule has 0 saturated carbocycles. The van der Waals surface area contributed by atoms with Crippen molar-refractivity contribution >= 4 is 40.0 Å². The van der Waals surface area contributed by atoms with Crippen LogP contribution < -0.4 is 15.0 Å². The summed E-state index contributed by atoms with van der Waals surface area (Å²) in [5, 5.41) is 14.7. The third kappa shape index (κ3) is 4.24. The molecule has 0 fully saturated rings. The van der Waals surface area contributed by atoms with Gasteiger partial charge in [0.2, 0.25) is 5.82 Å². The van der Waals surface area contributed by atoms with Crippen molar-refractivity contribution in [1.82, 2.24) is 30.3 Å². The Bertz CT molecular complexity index is 1320. The van der Waals surface area contributed by atoms with Crippen LogP contribution in [-0.2, 0) is 11.3 Å². The highest BCUT2D eigenvalue weighted by molar-refractivity contribution is 6.34. The summed E-state index contributed by atoms with van der Waals surface area (Å²) in [5.74, 6) is -0.446. The average molecular weight is 468 g/mol. The molecule has 1 aliphatic rings. The highest BCUT2D eigenvalue weighted by Crippen LogP contribution is 2.36. The van der Waals surface area contributed by atoms with Gasteiger partial charge in [0.25, 0.3) is 11.8 Å². The fourth-order valence-electron chi connectivity index (χ4n) is 3.54. The first-order valence-electron chi connectivity index (χ1n) is 9.82. The van der Waals surface area contributed by atoms with Gasteiger partial charge >= 0.3 is 0 Å². The van der Waals surface area contributed by atoms with Crippen LogP contribution in [0.1, 0.15) is 23.6 Å². The first-order valence-corrected chi connectivity index (χ1v) is 10.2. The first kappa shape index (κ1) is 22.3. The van der Waals surface area contributed by atoms with E-state index in [1.807, 2.05) is 30.3 Å². The van der Waals surface area contributed by atoms with Gasteiger partial charge < -0.3 is 15.0 Å². The number of hydrogen-bond acceptors (Lipinski definition) is 6.